The molecule has 19 heteroatoms. The highest BCUT2D eigenvalue weighted by atomic mass is 35.5. The zero-order chi connectivity index (χ0) is 31.6. The number of ether oxygens (including phenoxy) is 2. The lowest BCUT2D eigenvalue weighted by atomic mass is 10.00. The standard InChI is InChI=1S/C23H35ClFN6O9PS/c1-11(2)39-18(34)12(3)30-41(36,37-7-8-42-20(35)22(4,5)6)38-9-13-15(32)23(24,25)19(40-13)31-10-27-14-16(31)28-21(26)29-17(14)33/h10-13,15,19,32H,7-9H2,1-6H3,(H,30,36)(H3,26,28,29,33)/t12-,13-,15-,19-,23-,41?/m1/s1. The van der Waals surface area contributed by atoms with E-state index in [1.807, 2.05) is 0 Å². The monoisotopic (exact) mass is 656 g/mol. The SMILES string of the molecule is CC(C)OC(=O)[C@@H](C)NP(=O)(OCCSC(=O)C(C)(C)C)OC[C@H]1O[C@@H](n2cnc3c(=O)[nH]c(N)nc32)[C@@](F)(Cl)[C@@H]1O. The summed E-state index contributed by atoms with van der Waals surface area (Å²) in [6.45, 7) is 8.93. The highest BCUT2D eigenvalue weighted by molar-refractivity contribution is 8.13. The van der Waals surface area contributed by atoms with Crippen molar-refractivity contribution in [2.45, 2.75) is 77.3 Å². The van der Waals surface area contributed by atoms with Crippen LogP contribution in [0, 0.1) is 5.41 Å². The van der Waals surface area contributed by atoms with Crippen LogP contribution >= 0.6 is 31.1 Å². The maximum Gasteiger partial charge on any atom is 0.406 e. The molecule has 236 valence electrons. The van der Waals surface area contributed by atoms with E-state index < -0.39 is 67.0 Å². The average molecular weight is 657 g/mol. The first-order valence-corrected chi connectivity index (χ1v) is 15.7. The Morgan fingerprint density at radius 1 is 1.38 bits per heavy atom. The molecule has 3 rings (SSSR count). The summed E-state index contributed by atoms with van der Waals surface area (Å²) < 4.78 is 51.9. The number of nitrogens with zero attached hydrogens (tertiary/aromatic N) is 3. The molecule has 0 amide bonds. The van der Waals surface area contributed by atoms with Gasteiger partial charge in [-0.3, -0.25) is 33.0 Å². The lowest BCUT2D eigenvalue weighted by Gasteiger charge is -2.25. The van der Waals surface area contributed by atoms with Crippen molar-refractivity contribution >= 4 is 59.3 Å². The van der Waals surface area contributed by atoms with E-state index in [4.69, 9.17) is 35.9 Å². The third-order valence-electron chi connectivity index (χ3n) is 5.74. The van der Waals surface area contributed by atoms with Crippen molar-refractivity contribution in [3.63, 3.8) is 0 Å². The van der Waals surface area contributed by atoms with Gasteiger partial charge in [0.05, 0.1) is 25.6 Å². The van der Waals surface area contributed by atoms with Gasteiger partial charge in [0.15, 0.2) is 22.5 Å². The van der Waals surface area contributed by atoms with Gasteiger partial charge in [-0.2, -0.15) is 4.98 Å². The van der Waals surface area contributed by atoms with Crippen LogP contribution in [-0.4, -0.2) is 84.2 Å². The van der Waals surface area contributed by atoms with Crippen LogP contribution < -0.4 is 16.4 Å². The number of hydrogen-bond acceptors (Lipinski definition) is 13. The normalized spacial score (nSPS) is 25.0. The minimum absolute atomic E-state index is 0.110. The Labute approximate surface area is 249 Å². The summed E-state index contributed by atoms with van der Waals surface area (Å²) >= 11 is 7.00. The second-order valence-corrected chi connectivity index (χ2v) is 14.2. The molecular weight excluding hydrogens is 622 g/mol. The third kappa shape index (κ3) is 8.08. The van der Waals surface area contributed by atoms with E-state index >= 15 is 4.39 Å². The van der Waals surface area contributed by atoms with Crippen LogP contribution in [0.5, 0.6) is 0 Å². The van der Waals surface area contributed by atoms with E-state index in [9.17, 15) is 24.1 Å². The topological polar surface area (TPSA) is 210 Å². The van der Waals surface area contributed by atoms with E-state index in [1.54, 1.807) is 34.6 Å². The summed E-state index contributed by atoms with van der Waals surface area (Å²) in [6.07, 6.45) is -4.71. The fraction of sp³-hybridized carbons (Fsp3) is 0.696. The highest BCUT2D eigenvalue weighted by Gasteiger charge is 2.58. The van der Waals surface area contributed by atoms with Crippen LogP contribution in [0.3, 0.4) is 0 Å². The van der Waals surface area contributed by atoms with Crippen LogP contribution in [0.15, 0.2) is 11.1 Å². The number of nitrogens with one attached hydrogen (secondary N) is 2. The minimum atomic E-state index is -4.35. The number of nitrogens with two attached hydrogens (primary N) is 1. The molecule has 0 aliphatic carbocycles. The molecule has 15 nitrogen and oxygen atoms in total. The van der Waals surface area contributed by atoms with Gasteiger partial charge >= 0.3 is 13.7 Å². The molecule has 42 heavy (non-hydrogen) atoms. The van der Waals surface area contributed by atoms with Gasteiger partial charge in [0.2, 0.25) is 5.95 Å². The summed E-state index contributed by atoms with van der Waals surface area (Å²) in [5.74, 6) is -0.911. The van der Waals surface area contributed by atoms with E-state index in [0.717, 1.165) is 22.7 Å². The van der Waals surface area contributed by atoms with Crippen molar-refractivity contribution in [1.82, 2.24) is 24.6 Å². The number of imidazole rings is 1. The summed E-state index contributed by atoms with van der Waals surface area (Å²) in [5, 5.41) is 10.0. The predicted octanol–water partition coefficient (Wildman–Crippen LogP) is 2.24. The number of aliphatic hydroxyl groups excluding tert-OH is 1. The van der Waals surface area contributed by atoms with Crippen LogP contribution in [-0.2, 0) is 32.7 Å². The van der Waals surface area contributed by atoms with Crippen molar-refractivity contribution in [3.8, 4) is 0 Å². The number of fused-ring (bicyclic) bond motifs is 1. The maximum atomic E-state index is 15.6. The zero-order valence-corrected chi connectivity index (χ0v) is 26.3. The summed E-state index contributed by atoms with van der Waals surface area (Å²) in [7, 11) is -4.35. The van der Waals surface area contributed by atoms with Crippen LogP contribution in [0.25, 0.3) is 11.2 Å². The molecule has 2 aromatic heterocycles. The minimum Gasteiger partial charge on any atom is -0.462 e. The predicted molar refractivity (Wildman–Crippen MR) is 152 cm³/mol. The van der Waals surface area contributed by atoms with Gasteiger partial charge in [-0.25, -0.2) is 19.0 Å². The molecule has 6 atom stereocenters. The van der Waals surface area contributed by atoms with Crippen molar-refractivity contribution in [3.05, 3.63) is 16.7 Å². The number of rotatable bonds is 12. The van der Waals surface area contributed by atoms with Crippen LogP contribution in [0.1, 0.15) is 47.8 Å². The first kappa shape index (κ1) is 34.4. The largest absolute Gasteiger partial charge is 0.462 e. The maximum absolute atomic E-state index is 15.6. The van der Waals surface area contributed by atoms with E-state index in [1.165, 1.54) is 6.92 Å². The van der Waals surface area contributed by atoms with E-state index in [-0.39, 0.29) is 34.6 Å². The first-order valence-electron chi connectivity index (χ1n) is 12.8. The highest BCUT2D eigenvalue weighted by Crippen LogP contribution is 2.49. The molecule has 1 unspecified atom stereocenters. The van der Waals surface area contributed by atoms with Crippen LogP contribution in [0.2, 0.25) is 0 Å². The number of thioether (sulfide) groups is 1. The molecule has 0 spiro atoms. The molecule has 1 fully saturated rings. The van der Waals surface area contributed by atoms with Gasteiger partial charge in [0, 0.05) is 11.2 Å². The third-order valence-corrected chi connectivity index (χ3v) is 9.11. The molecule has 1 aliphatic rings. The number of H-pyrrole nitrogens is 1. The molecule has 0 bridgehead atoms. The Balaban J connectivity index is 1.77. The summed E-state index contributed by atoms with van der Waals surface area (Å²) in [5.41, 5.74) is 3.96. The smallest absolute Gasteiger partial charge is 0.406 e. The Kier molecular flexibility index (Phi) is 10.9. The Morgan fingerprint density at radius 2 is 2.05 bits per heavy atom. The van der Waals surface area contributed by atoms with Gasteiger partial charge < -0.3 is 20.3 Å². The molecule has 0 radical (unpaired) electrons. The number of anilines is 1. The molecule has 0 aromatic carbocycles. The summed E-state index contributed by atoms with van der Waals surface area (Å²) in [6, 6.07) is -1.16. The van der Waals surface area contributed by atoms with Crippen LogP contribution in [0.4, 0.5) is 10.3 Å². The quantitative estimate of drug-likeness (QED) is 0.112. The number of halogens is 2. The Hall–Kier alpha value is -2.11. The molecule has 3 heterocycles. The second kappa shape index (κ2) is 13.3. The number of carbonyl (C=O) groups is 2. The van der Waals surface area contributed by atoms with E-state index in [0.29, 0.717) is 0 Å². The van der Waals surface area contributed by atoms with Gasteiger partial charge in [0.1, 0.15) is 18.2 Å². The van der Waals surface area contributed by atoms with Gasteiger partial charge in [-0.1, -0.05) is 44.1 Å². The number of aliphatic hydroxyl groups is 1. The van der Waals surface area contributed by atoms with Crippen molar-refractivity contribution in [1.29, 1.82) is 0 Å². The Morgan fingerprint density at radius 3 is 2.67 bits per heavy atom. The van der Waals surface area contributed by atoms with Crippen molar-refractivity contribution < 1.29 is 42.2 Å². The van der Waals surface area contributed by atoms with Gasteiger partial charge in [-0.05, 0) is 20.8 Å². The fourth-order valence-corrected chi connectivity index (χ4v) is 6.32. The molecule has 1 aliphatic heterocycles. The number of esters is 1. The Bertz CT molecular complexity index is 1400. The molecule has 0 saturated carbocycles. The fourth-order valence-electron chi connectivity index (χ4n) is 3.64. The second-order valence-electron chi connectivity index (χ2n) is 10.8. The molecule has 2 aromatic rings. The number of hydrogen-bond donors (Lipinski definition) is 4. The number of aromatic amines is 1. The van der Waals surface area contributed by atoms with Crippen molar-refractivity contribution in [2.75, 3.05) is 24.7 Å². The van der Waals surface area contributed by atoms with E-state index in [2.05, 4.69) is 20.0 Å². The lowest BCUT2D eigenvalue weighted by molar-refractivity contribution is -0.149. The first-order chi connectivity index (χ1) is 19.4. The van der Waals surface area contributed by atoms with Gasteiger partial charge in [-0.15, -0.1) is 0 Å². The van der Waals surface area contributed by atoms with Gasteiger partial charge in [0.25, 0.3) is 10.7 Å². The molecular formula is C23H35ClFN6O9PS. The zero-order valence-electron chi connectivity index (χ0n) is 23.8. The summed E-state index contributed by atoms with van der Waals surface area (Å²) in [4.78, 5) is 46.7. The lowest BCUT2D eigenvalue weighted by Crippen LogP contribution is -2.39. The molecule has 5 N–H and O–H groups in total. The number of nitrogen functional groups attached to an aromatic ring is 1. The number of aromatic nitrogens is 4. The average Bonchev–Trinajstić information content (AvgIpc) is 3.37. The number of carbonyl (C=O) groups excluding carboxylic acids is 2. The molecule has 1 saturated heterocycles. The number of alkyl halides is 2. The van der Waals surface area contributed by atoms with Crippen molar-refractivity contribution in [2.24, 2.45) is 5.41 Å².